The van der Waals surface area contributed by atoms with Gasteiger partial charge in [0, 0.05) is 28.9 Å². The number of benzene rings is 2. The van der Waals surface area contributed by atoms with E-state index >= 15 is 0 Å². The highest BCUT2D eigenvalue weighted by Crippen LogP contribution is 2.28. The molecule has 0 saturated carbocycles. The lowest BCUT2D eigenvalue weighted by Crippen LogP contribution is -2.40. The van der Waals surface area contributed by atoms with Gasteiger partial charge in [-0.1, -0.05) is 29.3 Å². The SMILES string of the molecule is O=C(CSCc1c(Cl)cccc1Cl)NCCOc1ccc(S(=O)(=O)N2CCOCC2)cc1. The number of thioether (sulfide) groups is 1. The smallest absolute Gasteiger partial charge is 0.243 e. The molecule has 1 aliphatic rings. The molecule has 0 radical (unpaired) electrons. The van der Waals surface area contributed by atoms with Crippen molar-refractivity contribution in [3.05, 3.63) is 58.1 Å². The summed E-state index contributed by atoms with van der Waals surface area (Å²) in [5, 5.41) is 3.95. The molecule has 174 valence electrons. The number of rotatable bonds is 10. The predicted octanol–water partition coefficient (Wildman–Crippen LogP) is 3.44. The topological polar surface area (TPSA) is 84.9 Å². The quantitative estimate of drug-likeness (QED) is 0.485. The molecular formula is C21H24Cl2N2O5S2. The van der Waals surface area contributed by atoms with E-state index in [-0.39, 0.29) is 23.2 Å². The van der Waals surface area contributed by atoms with E-state index in [0.717, 1.165) is 5.56 Å². The second-order valence-electron chi connectivity index (χ2n) is 6.88. The molecule has 1 fully saturated rings. The third-order valence-corrected chi connectivity index (χ3v) is 8.25. The summed E-state index contributed by atoms with van der Waals surface area (Å²) in [6.07, 6.45) is 0. The summed E-state index contributed by atoms with van der Waals surface area (Å²) in [6.45, 7) is 2.10. The highest BCUT2D eigenvalue weighted by molar-refractivity contribution is 7.99. The number of sulfonamides is 1. The van der Waals surface area contributed by atoms with Gasteiger partial charge in [-0.15, -0.1) is 11.8 Å². The van der Waals surface area contributed by atoms with Gasteiger partial charge in [-0.2, -0.15) is 4.31 Å². The first kappa shape index (κ1) is 25.1. The summed E-state index contributed by atoms with van der Waals surface area (Å²) < 4.78 is 37.4. The number of nitrogens with zero attached hydrogens (tertiary/aromatic N) is 1. The van der Waals surface area contributed by atoms with Crippen molar-refractivity contribution in [3.63, 3.8) is 0 Å². The van der Waals surface area contributed by atoms with Gasteiger partial charge >= 0.3 is 0 Å². The molecule has 0 spiro atoms. The van der Waals surface area contributed by atoms with Crippen molar-refractivity contribution in [2.24, 2.45) is 0 Å². The highest BCUT2D eigenvalue weighted by atomic mass is 35.5. The van der Waals surface area contributed by atoms with Crippen LogP contribution in [0.15, 0.2) is 47.4 Å². The highest BCUT2D eigenvalue weighted by Gasteiger charge is 2.26. The second-order valence-corrected chi connectivity index (χ2v) is 10.6. The summed E-state index contributed by atoms with van der Waals surface area (Å²) >= 11 is 13.7. The third kappa shape index (κ3) is 7.00. The average Bonchev–Trinajstić information content (AvgIpc) is 2.79. The Labute approximate surface area is 202 Å². The average molecular weight is 519 g/mol. The van der Waals surface area contributed by atoms with Gasteiger partial charge < -0.3 is 14.8 Å². The van der Waals surface area contributed by atoms with Crippen molar-refractivity contribution in [1.29, 1.82) is 0 Å². The van der Waals surface area contributed by atoms with Gasteiger partial charge in [0.05, 0.1) is 30.4 Å². The van der Waals surface area contributed by atoms with Gasteiger partial charge in [0.2, 0.25) is 15.9 Å². The van der Waals surface area contributed by atoms with E-state index in [4.69, 9.17) is 32.7 Å². The molecule has 0 unspecified atom stereocenters. The molecule has 0 aliphatic carbocycles. The maximum atomic E-state index is 12.6. The van der Waals surface area contributed by atoms with Crippen LogP contribution in [0.4, 0.5) is 0 Å². The normalized spacial score (nSPS) is 14.8. The summed E-state index contributed by atoms with van der Waals surface area (Å²) in [5.74, 6) is 1.23. The Morgan fingerprint density at radius 1 is 1.09 bits per heavy atom. The van der Waals surface area contributed by atoms with E-state index < -0.39 is 10.0 Å². The summed E-state index contributed by atoms with van der Waals surface area (Å²) in [6, 6.07) is 11.6. The lowest BCUT2D eigenvalue weighted by Gasteiger charge is -2.26. The minimum Gasteiger partial charge on any atom is -0.492 e. The van der Waals surface area contributed by atoms with Gasteiger partial charge in [-0.25, -0.2) is 8.42 Å². The molecule has 1 aliphatic heterocycles. The number of hydrogen-bond acceptors (Lipinski definition) is 6. The fourth-order valence-electron chi connectivity index (χ4n) is 2.97. The largest absolute Gasteiger partial charge is 0.492 e. The number of carbonyl (C=O) groups excluding carboxylic acids is 1. The monoisotopic (exact) mass is 518 g/mol. The number of morpholine rings is 1. The van der Waals surface area contributed by atoms with E-state index in [1.807, 2.05) is 0 Å². The molecule has 11 heteroatoms. The van der Waals surface area contributed by atoms with E-state index in [1.165, 1.54) is 28.2 Å². The Balaban J connectivity index is 1.37. The first-order valence-electron chi connectivity index (χ1n) is 9.96. The first-order chi connectivity index (χ1) is 15.4. The Kier molecular flexibility index (Phi) is 9.51. The fourth-order valence-corrected chi connectivity index (χ4v) is 5.97. The van der Waals surface area contributed by atoms with E-state index in [0.29, 0.717) is 54.4 Å². The first-order valence-corrected chi connectivity index (χ1v) is 13.3. The lowest BCUT2D eigenvalue weighted by molar-refractivity contribution is -0.118. The second kappa shape index (κ2) is 12.1. The zero-order valence-electron chi connectivity index (χ0n) is 17.3. The molecule has 0 atom stereocenters. The van der Waals surface area contributed by atoms with Crippen LogP contribution in [-0.2, 0) is 25.3 Å². The summed E-state index contributed by atoms with van der Waals surface area (Å²) in [5.41, 5.74) is 0.816. The van der Waals surface area contributed by atoms with Crippen LogP contribution in [0.5, 0.6) is 5.75 Å². The molecule has 1 heterocycles. The van der Waals surface area contributed by atoms with Crippen molar-refractivity contribution in [1.82, 2.24) is 9.62 Å². The van der Waals surface area contributed by atoms with Crippen LogP contribution in [0, 0.1) is 0 Å². The van der Waals surface area contributed by atoms with Gasteiger partial charge in [0.25, 0.3) is 0 Å². The zero-order valence-corrected chi connectivity index (χ0v) is 20.4. The molecule has 1 saturated heterocycles. The number of nitrogens with one attached hydrogen (secondary N) is 1. The van der Waals surface area contributed by atoms with Gasteiger partial charge in [0.1, 0.15) is 12.4 Å². The predicted molar refractivity (Wildman–Crippen MR) is 127 cm³/mol. The maximum Gasteiger partial charge on any atom is 0.243 e. The van der Waals surface area contributed by atoms with Gasteiger partial charge in [-0.05, 0) is 42.0 Å². The van der Waals surface area contributed by atoms with Crippen LogP contribution < -0.4 is 10.1 Å². The Morgan fingerprint density at radius 2 is 1.75 bits per heavy atom. The number of halogens is 2. The van der Waals surface area contributed by atoms with Gasteiger partial charge in [-0.3, -0.25) is 4.79 Å². The van der Waals surface area contributed by atoms with Crippen molar-refractivity contribution in [3.8, 4) is 5.75 Å². The Morgan fingerprint density at radius 3 is 2.41 bits per heavy atom. The van der Waals surface area contributed by atoms with Crippen molar-refractivity contribution >= 4 is 50.9 Å². The van der Waals surface area contributed by atoms with Crippen molar-refractivity contribution in [2.75, 3.05) is 45.2 Å². The van der Waals surface area contributed by atoms with Crippen LogP contribution in [0.3, 0.4) is 0 Å². The molecule has 1 N–H and O–H groups in total. The molecule has 7 nitrogen and oxygen atoms in total. The van der Waals surface area contributed by atoms with Crippen LogP contribution in [-0.4, -0.2) is 63.8 Å². The maximum absolute atomic E-state index is 12.6. The molecule has 1 amide bonds. The van der Waals surface area contributed by atoms with E-state index in [9.17, 15) is 13.2 Å². The molecule has 0 bridgehead atoms. The number of amides is 1. The van der Waals surface area contributed by atoms with Gasteiger partial charge in [0.15, 0.2) is 0 Å². The molecule has 32 heavy (non-hydrogen) atoms. The number of ether oxygens (including phenoxy) is 2. The lowest BCUT2D eigenvalue weighted by atomic mass is 10.2. The molecule has 3 rings (SSSR count). The summed E-state index contributed by atoms with van der Waals surface area (Å²) in [4.78, 5) is 12.2. The standard InChI is InChI=1S/C21H24Cl2N2O5S2/c22-19-2-1-3-20(23)18(19)14-31-15-21(26)24-8-11-30-16-4-6-17(7-5-16)32(27,28)25-9-12-29-13-10-25/h1-7H,8-15H2,(H,24,26). The molecule has 2 aromatic carbocycles. The van der Waals surface area contributed by atoms with Crippen LogP contribution in [0.2, 0.25) is 10.0 Å². The molecule has 2 aromatic rings. The third-order valence-electron chi connectivity index (χ3n) is 4.67. The minimum absolute atomic E-state index is 0.117. The Bertz CT molecular complexity index is 993. The van der Waals surface area contributed by atoms with Crippen molar-refractivity contribution < 1.29 is 22.7 Å². The zero-order chi connectivity index (χ0) is 23.0. The number of hydrogen-bond donors (Lipinski definition) is 1. The Hall–Kier alpha value is -1.49. The van der Waals surface area contributed by atoms with E-state index in [1.54, 1.807) is 30.3 Å². The van der Waals surface area contributed by atoms with Crippen LogP contribution in [0.25, 0.3) is 0 Å². The molecular weight excluding hydrogens is 495 g/mol. The van der Waals surface area contributed by atoms with Crippen molar-refractivity contribution in [2.45, 2.75) is 10.6 Å². The summed E-state index contributed by atoms with van der Waals surface area (Å²) in [7, 11) is -3.53. The van der Waals surface area contributed by atoms with E-state index in [2.05, 4.69) is 5.32 Å². The van der Waals surface area contributed by atoms with Crippen LogP contribution in [0.1, 0.15) is 5.56 Å². The number of carbonyl (C=O) groups is 1. The molecule has 0 aromatic heterocycles. The fraction of sp³-hybridized carbons (Fsp3) is 0.381. The minimum atomic E-state index is -3.53. The van der Waals surface area contributed by atoms with Crippen LogP contribution >= 0.6 is 35.0 Å².